The zero-order valence-electron chi connectivity index (χ0n) is 13.4. The van der Waals surface area contributed by atoms with Crippen LogP contribution in [0.25, 0.3) is 0 Å². The van der Waals surface area contributed by atoms with Gasteiger partial charge in [-0.15, -0.1) is 10.2 Å². The van der Waals surface area contributed by atoms with Gasteiger partial charge in [0.15, 0.2) is 6.61 Å². The summed E-state index contributed by atoms with van der Waals surface area (Å²) in [6.07, 6.45) is 4.35. The fourth-order valence-electron chi connectivity index (χ4n) is 1.93. The summed E-state index contributed by atoms with van der Waals surface area (Å²) in [5.41, 5.74) is 0. The minimum Gasteiger partial charge on any atom is -0.497 e. The van der Waals surface area contributed by atoms with E-state index in [0.29, 0.717) is 16.6 Å². The smallest absolute Gasteiger partial charge is 0.264 e. The molecule has 0 aliphatic heterocycles. The van der Waals surface area contributed by atoms with Gasteiger partial charge in [0, 0.05) is 12.5 Å². The molecule has 0 aliphatic rings. The molecule has 0 atom stereocenters. The van der Waals surface area contributed by atoms with Crippen molar-refractivity contribution >= 4 is 22.4 Å². The molecule has 7 heteroatoms. The van der Waals surface area contributed by atoms with Crippen LogP contribution in [0.2, 0.25) is 0 Å². The lowest BCUT2D eigenvalue weighted by molar-refractivity contribution is -0.118. The first-order valence-corrected chi connectivity index (χ1v) is 8.42. The number of nitrogens with zero attached hydrogens (tertiary/aromatic N) is 2. The van der Waals surface area contributed by atoms with Crippen molar-refractivity contribution in [3.63, 3.8) is 0 Å². The lowest BCUT2D eigenvalue weighted by Crippen LogP contribution is -2.20. The molecule has 0 saturated carbocycles. The van der Waals surface area contributed by atoms with Crippen LogP contribution in [0.3, 0.4) is 0 Å². The Kier molecular flexibility index (Phi) is 6.80. The van der Waals surface area contributed by atoms with Crippen molar-refractivity contribution in [3.05, 3.63) is 29.3 Å². The van der Waals surface area contributed by atoms with Gasteiger partial charge in [-0.2, -0.15) is 0 Å². The zero-order valence-corrected chi connectivity index (χ0v) is 14.2. The second kappa shape index (κ2) is 9.09. The maximum atomic E-state index is 11.9. The number of carbonyl (C=O) groups excluding carboxylic acids is 1. The molecule has 1 amide bonds. The normalized spacial score (nSPS) is 10.3. The predicted molar refractivity (Wildman–Crippen MR) is 90.3 cm³/mol. The Hall–Kier alpha value is -2.15. The van der Waals surface area contributed by atoms with E-state index in [2.05, 4.69) is 22.4 Å². The van der Waals surface area contributed by atoms with Gasteiger partial charge in [0.25, 0.3) is 5.91 Å². The number of carbonyl (C=O) groups is 1. The van der Waals surface area contributed by atoms with E-state index in [0.717, 1.165) is 17.8 Å². The zero-order chi connectivity index (χ0) is 16.5. The molecule has 1 N–H and O–H groups in total. The van der Waals surface area contributed by atoms with Crippen molar-refractivity contribution in [2.75, 3.05) is 19.0 Å². The van der Waals surface area contributed by atoms with Gasteiger partial charge in [-0.3, -0.25) is 10.1 Å². The molecule has 0 saturated heterocycles. The average molecular weight is 335 g/mol. The van der Waals surface area contributed by atoms with Crippen LogP contribution in [0.4, 0.5) is 5.13 Å². The molecule has 23 heavy (non-hydrogen) atoms. The molecule has 1 aromatic carbocycles. The lowest BCUT2D eigenvalue weighted by Gasteiger charge is -2.07. The summed E-state index contributed by atoms with van der Waals surface area (Å²) in [4.78, 5) is 11.9. The fourth-order valence-corrected chi connectivity index (χ4v) is 2.72. The maximum Gasteiger partial charge on any atom is 0.264 e. The van der Waals surface area contributed by atoms with Crippen LogP contribution >= 0.6 is 11.3 Å². The van der Waals surface area contributed by atoms with Crippen LogP contribution < -0.4 is 14.8 Å². The Balaban J connectivity index is 1.78. The van der Waals surface area contributed by atoms with E-state index in [9.17, 15) is 4.79 Å². The summed E-state index contributed by atoms with van der Waals surface area (Å²) in [6, 6.07) is 7.12. The third kappa shape index (κ3) is 5.86. The molecule has 0 spiro atoms. The number of anilines is 1. The van der Waals surface area contributed by atoms with E-state index in [1.54, 1.807) is 25.3 Å². The van der Waals surface area contributed by atoms with Crippen molar-refractivity contribution in [3.8, 4) is 11.5 Å². The molecule has 1 aromatic heterocycles. The number of methoxy groups -OCH3 is 1. The van der Waals surface area contributed by atoms with E-state index in [4.69, 9.17) is 9.47 Å². The molecular formula is C16H21N3O3S. The summed E-state index contributed by atoms with van der Waals surface area (Å²) < 4.78 is 10.5. The van der Waals surface area contributed by atoms with Crippen LogP contribution in [0.5, 0.6) is 11.5 Å². The Morgan fingerprint density at radius 2 is 2.09 bits per heavy atom. The second-order valence-corrected chi connectivity index (χ2v) is 6.04. The average Bonchev–Trinajstić information content (AvgIpc) is 3.01. The first-order valence-electron chi connectivity index (χ1n) is 7.60. The molecule has 2 aromatic rings. The summed E-state index contributed by atoms with van der Waals surface area (Å²) >= 11 is 1.41. The van der Waals surface area contributed by atoms with E-state index in [1.165, 1.54) is 24.2 Å². The SMILES string of the molecule is CCCCCc1nnc(NC(=O)COc2cccc(OC)c2)s1. The summed E-state index contributed by atoms with van der Waals surface area (Å²) in [5.74, 6) is 1.00. The van der Waals surface area contributed by atoms with Crippen LogP contribution in [-0.4, -0.2) is 29.8 Å². The monoisotopic (exact) mass is 335 g/mol. The third-order valence-electron chi connectivity index (χ3n) is 3.12. The predicted octanol–water partition coefficient (Wildman–Crippen LogP) is 3.30. The van der Waals surface area contributed by atoms with E-state index >= 15 is 0 Å². The molecule has 124 valence electrons. The molecule has 0 radical (unpaired) electrons. The Morgan fingerprint density at radius 1 is 1.26 bits per heavy atom. The van der Waals surface area contributed by atoms with E-state index in [-0.39, 0.29) is 12.5 Å². The van der Waals surface area contributed by atoms with Crippen LogP contribution in [-0.2, 0) is 11.2 Å². The molecule has 0 fully saturated rings. The number of unbranched alkanes of at least 4 members (excludes halogenated alkanes) is 2. The van der Waals surface area contributed by atoms with Crippen LogP contribution in [0.1, 0.15) is 31.2 Å². The van der Waals surface area contributed by atoms with Crippen molar-refractivity contribution in [2.45, 2.75) is 32.6 Å². The molecule has 2 rings (SSSR count). The highest BCUT2D eigenvalue weighted by atomic mass is 32.1. The standard InChI is InChI=1S/C16H21N3O3S/c1-3-4-5-9-15-18-19-16(23-15)17-14(20)11-22-13-8-6-7-12(10-13)21-2/h6-8,10H,3-5,9,11H2,1-2H3,(H,17,19,20). The Morgan fingerprint density at radius 3 is 2.87 bits per heavy atom. The number of ether oxygens (including phenoxy) is 2. The minimum atomic E-state index is -0.260. The van der Waals surface area contributed by atoms with Gasteiger partial charge in [0.1, 0.15) is 16.5 Å². The number of amides is 1. The third-order valence-corrected chi connectivity index (χ3v) is 4.02. The highest BCUT2D eigenvalue weighted by molar-refractivity contribution is 7.15. The second-order valence-electron chi connectivity index (χ2n) is 4.97. The number of hydrogen-bond acceptors (Lipinski definition) is 6. The van der Waals surface area contributed by atoms with Gasteiger partial charge in [-0.1, -0.05) is 37.2 Å². The largest absolute Gasteiger partial charge is 0.497 e. The van der Waals surface area contributed by atoms with Gasteiger partial charge >= 0.3 is 0 Å². The maximum absolute atomic E-state index is 11.9. The van der Waals surface area contributed by atoms with Crippen molar-refractivity contribution in [2.24, 2.45) is 0 Å². The van der Waals surface area contributed by atoms with Gasteiger partial charge in [0.2, 0.25) is 5.13 Å². The Bertz CT molecular complexity index is 631. The molecule has 0 unspecified atom stereocenters. The number of hydrogen-bond donors (Lipinski definition) is 1. The number of nitrogens with one attached hydrogen (secondary N) is 1. The highest BCUT2D eigenvalue weighted by Crippen LogP contribution is 2.19. The minimum absolute atomic E-state index is 0.0854. The molecular weight excluding hydrogens is 314 g/mol. The van der Waals surface area contributed by atoms with Crippen LogP contribution in [0.15, 0.2) is 24.3 Å². The molecule has 0 bridgehead atoms. The van der Waals surface area contributed by atoms with Crippen molar-refractivity contribution < 1.29 is 14.3 Å². The summed E-state index contributed by atoms with van der Waals surface area (Å²) in [5, 5.41) is 12.2. The first kappa shape index (κ1) is 17.2. The Labute approximate surface area is 139 Å². The quantitative estimate of drug-likeness (QED) is 0.712. The lowest BCUT2D eigenvalue weighted by atomic mass is 10.2. The van der Waals surface area contributed by atoms with Gasteiger partial charge < -0.3 is 9.47 Å². The number of aromatic nitrogens is 2. The molecule has 6 nitrogen and oxygen atoms in total. The summed E-state index contributed by atoms with van der Waals surface area (Å²) in [6.45, 7) is 2.08. The molecule has 0 aliphatic carbocycles. The fraction of sp³-hybridized carbons (Fsp3) is 0.438. The number of rotatable bonds is 9. The van der Waals surface area contributed by atoms with Gasteiger partial charge in [-0.25, -0.2) is 0 Å². The summed E-state index contributed by atoms with van der Waals surface area (Å²) in [7, 11) is 1.58. The van der Waals surface area contributed by atoms with E-state index in [1.807, 2.05) is 6.07 Å². The molecule has 1 heterocycles. The first-order chi connectivity index (χ1) is 11.2. The number of aryl methyl sites for hydroxylation is 1. The van der Waals surface area contributed by atoms with Crippen molar-refractivity contribution in [1.82, 2.24) is 10.2 Å². The van der Waals surface area contributed by atoms with Gasteiger partial charge in [-0.05, 0) is 18.6 Å². The van der Waals surface area contributed by atoms with E-state index < -0.39 is 0 Å². The number of benzene rings is 1. The topological polar surface area (TPSA) is 73.3 Å². The van der Waals surface area contributed by atoms with Crippen LogP contribution in [0, 0.1) is 0 Å². The van der Waals surface area contributed by atoms with Gasteiger partial charge in [0.05, 0.1) is 7.11 Å². The highest BCUT2D eigenvalue weighted by Gasteiger charge is 2.09. The van der Waals surface area contributed by atoms with Crippen molar-refractivity contribution in [1.29, 1.82) is 0 Å².